The third-order valence-corrected chi connectivity index (χ3v) is 6.56. The fourth-order valence-electron chi connectivity index (χ4n) is 4.45. The van der Waals surface area contributed by atoms with Crippen molar-refractivity contribution in [1.82, 2.24) is 15.1 Å². The molecular formula is C26H47N3O3. The second-order valence-electron chi connectivity index (χ2n) is 9.37. The van der Waals surface area contributed by atoms with E-state index in [0.29, 0.717) is 19.9 Å². The van der Waals surface area contributed by atoms with E-state index in [1.165, 1.54) is 81.9 Å². The lowest BCUT2D eigenvalue weighted by Crippen LogP contribution is -2.46. The highest BCUT2D eigenvalue weighted by Crippen LogP contribution is 2.16. The van der Waals surface area contributed by atoms with Crippen molar-refractivity contribution in [2.75, 3.05) is 33.0 Å². The molecule has 32 heavy (non-hydrogen) atoms. The van der Waals surface area contributed by atoms with Crippen LogP contribution in [0.4, 0.5) is 4.79 Å². The fraction of sp³-hybridized carbons (Fsp3) is 0.846. The van der Waals surface area contributed by atoms with E-state index in [1.54, 1.807) is 0 Å². The van der Waals surface area contributed by atoms with E-state index in [2.05, 4.69) is 29.3 Å². The molecule has 0 radical (unpaired) electrons. The van der Waals surface area contributed by atoms with Crippen LogP contribution >= 0.6 is 0 Å². The van der Waals surface area contributed by atoms with Crippen LogP contribution in [0.25, 0.3) is 0 Å². The lowest BCUT2D eigenvalue weighted by atomic mass is 10.0. The van der Waals surface area contributed by atoms with E-state index in [-0.39, 0.29) is 18.0 Å². The molecule has 2 fully saturated rings. The number of amides is 3. The number of allylic oxidation sites excluding steroid dienone is 2. The number of carbonyl (C=O) groups excluding carboxylic acids is 2. The number of nitrogens with one attached hydrogen (secondary N) is 1. The van der Waals surface area contributed by atoms with Crippen LogP contribution in [-0.4, -0.2) is 60.8 Å². The molecule has 184 valence electrons. The monoisotopic (exact) mass is 449 g/mol. The number of rotatable bonds is 18. The Morgan fingerprint density at radius 1 is 0.844 bits per heavy atom. The largest absolute Gasteiger partial charge is 0.379 e. The summed E-state index contributed by atoms with van der Waals surface area (Å²) >= 11 is 0. The molecule has 0 aromatic heterocycles. The molecule has 2 saturated heterocycles. The first-order valence-corrected chi connectivity index (χ1v) is 13.3. The topological polar surface area (TPSA) is 61.9 Å². The van der Waals surface area contributed by atoms with Crippen molar-refractivity contribution in [3.8, 4) is 0 Å². The molecule has 3 amide bonds. The summed E-state index contributed by atoms with van der Waals surface area (Å²) < 4.78 is 5.33. The SMILES string of the molecule is CCCCCCCC/C=C\CCCCCCCCC1NC(=O)N(CN2CCOCC2)C1=O. The average molecular weight is 450 g/mol. The van der Waals surface area contributed by atoms with Crippen LogP contribution in [0.3, 0.4) is 0 Å². The van der Waals surface area contributed by atoms with Crippen molar-refractivity contribution in [2.45, 2.75) is 109 Å². The summed E-state index contributed by atoms with van der Waals surface area (Å²) in [5.41, 5.74) is 0. The Morgan fingerprint density at radius 2 is 1.41 bits per heavy atom. The number of hydrogen-bond donors (Lipinski definition) is 1. The average Bonchev–Trinajstić information content (AvgIpc) is 3.07. The zero-order chi connectivity index (χ0) is 22.9. The molecule has 0 aliphatic carbocycles. The van der Waals surface area contributed by atoms with Crippen LogP contribution in [0.2, 0.25) is 0 Å². The minimum Gasteiger partial charge on any atom is -0.379 e. The van der Waals surface area contributed by atoms with Crippen molar-refractivity contribution in [3.05, 3.63) is 12.2 Å². The van der Waals surface area contributed by atoms with Gasteiger partial charge in [0.15, 0.2) is 0 Å². The van der Waals surface area contributed by atoms with Gasteiger partial charge in [0.25, 0.3) is 5.91 Å². The third kappa shape index (κ3) is 11.0. The van der Waals surface area contributed by atoms with Crippen LogP contribution in [0.1, 0.15) is 103 Å². The van der Waals surface area contributed by atoms with E-state index >= 15 is 0 Å². The Morgan fingerprint density at radius 3 is 2.03 bits per heavy atom. The normalized spacial score (nSPS) is 19.9. The first kappa shape index (κ1) is 26.8. The maximum Gasteiger partial charge on any atom is 0.325 e. The van der Waals surface area contributed by atoms with Crippen molar-refractivity contribution in [2.24, 2.45) is 0 Å². The van der Waals surface area contributed by atoms with Gasteiger partial charge in [0.05, 0.1) is 19.9 Å². The van der Waals surface area contributed by atoms with Gasteiger partial charge in [-0.05, 0) is 32.1 Å². The van der Waals surface area contributed by atoms with Crippen molar-refractivity contribution in [1.29, 1.82) is 0 Å². The number of ether oxygens (including phenoxy) is 1. The van der Waals surface area contributed by atoms with Crippen LogP contribution in [0, 0.1) is 0 Å². The number of nitrogens with zero attached hydrogens (tertiary/aromatic N) is 2. The van der Waals surface area contributed by atoms with Gasteiger partial charge in [-0.1, -0.05) is 83.3 Å². The molecular weight excluding hydrogens is 402 g/mol. The first-order chi connectivity index (χ1) is 15.7. The van der Waals surface area contributed by atoms with Crippen molar-refractivity contribution >= 4 is 11.9 Å². The molecule has 2 heterocycles. The quantitative estimate of drug-likeness (QED) is 0.167. The van der Waals surface area contributed by atoms with Crippen LogP contribution < -0.4 is 5.32 Å². The molecule has 0 spiro atoms. The lowest BCUT2D eigenvalue weighted by Gasteiger charge is -2.29. The number of imide groups is 1. The zero-order valence-electron chi connectivity index (χ0n) is 20.5. The Hall–Kier alpha value is -1.40. The molecule has 2 aliphatic rings. The fourth-order valence-corrected chi connectivity index (χ4v) is 4.45. The molecule has 0 bridgehead atoms. The molecule has 2 rings (SSSR count). The van der Waals surface area contributed by atoms with Crippen LogP contribution in [0.15, 0.2) is 12.2 Å². The summed E-state index contributed by atoms with van der Waals surface area (Å²) in [5, 5.41) is 2.87. The van der Waals surface area contributed by atoms with Gasteiger partial charge in [-0.25, -0.2) is 9.69 Å². The summed E-state index contributed by atoms with van der Waals surface area (Å²) in [4.78, 5) is 28.2. The molecule has 1 unspecified atom stereocenters. The molecule has 0 aromatic rings. The predicted octanol–water partition coefficient (Wildman–Crippen LogP) is 5.62. The van der Waals surface area contributed by atoms with Gasteiger partial charge in [-0.2, -0.15) is 0 Å². The van der Waals surface area contributed by atoms with Gasteiger partial charge in [-0.3, -0.25) is 9.69 Å². The highest BCUT2D eigenvalue weighted by atomic mass is 16.5. The van der Waals surface area contributed by atoms with E-state index < -0.39 is 0 Å². The number of unbranched alkanes of at least 4 members (excludes halogenated alkanes) is 12. The Balaban J connectivity index is 1.40. The van der Waals surface area contributed by atoms with E-state index in [1.807, 2.05) is 0 Å². The van der Waals surface area contributed by atoms with Crippen LogP contribution in [0.5, 0.6) is 0 Å². The molecule has 6 nitrogen and oxygen atoms in total. The summed E-state index contributed by atoms with van der Waals surface area (Å²) in [6.07, 6.45) is 23.4. The van der Waals surface area contributed by atoms with Crippen molar-refractivity contribution in [3.63, 3.8) is 0 Å². The highest BCUT2D eigenvalue weighted by Gasteiger charge is 2.38. The molecule has 6 heteroatoms. The molecule has 2 aliphatic heterocycles. The summed E-state index contributed by atoms with van der Waals surface area (Å²) in [7, 11) is 0. The number of hydrogen-bond acceptors (Lipinski definition) is 4. The second-order valence-corrected chi connectivity index (χ2v) is 9.37. The van der Waals surface area contributed by atoms with E-state index in [4.69, 9.17) is 4.74 Å². The van der Waals surface area contributed by atoms with Gasteiger partial charge in [-0.15, -0.1) is 0 Å². The Labute approximate surface area is 196 Å². The summed E-state index contributed by atoms with van der Waals surface area (Å²) in [6, 6.07) is -0.573. The van der Waals surface area contributed by atoms with Gasteiger partial charge < -0.3 is 10.1 Å². The standard InChI is InChI=1S/C26H47N3O3/c1-2-3-4-5-6-7-8-9-10-11-12-13-14-15-16-17-18-24-25(30)29(26(31)27-24)23-28-19-21-32-22-20-28/h9-10,24H,2-8,11-23H2,1H3,(H,27,31)/b10-9-. The van der Waals surface area contributed by atoms with E-state index in [0.717, 1.165) is 32.4 Å². The molecule has 0 aromatic carbocycles. The van der Waals surface area contributed by atoms with Gasteiger partial charge in [0.1, 0.15) is 6.04 Å². The smallest absolute Gasteiger partial charge is 0.325 e. The van der Waals surface area contributed by atoms with Gasteiger partial charge in [0, 0.05) is 13.1 Å². The molecule has 1 N–H and O–H groups in total. The molecule has 1 atom stereocenters. The molecule has 0 saturated carbocycles. The second kappa shape index (κ2) is 17.1. The summed E-state index contributed by atoms with van der Waals surface area (Å²) in [6.45, 7) is 5.54. The zero-order valence-corrected chi connectivity index (χ0v) is 20.5. The van der Waals surface area contributed by atoms with Crippen LogP contribution in [-0.2, 0) is 9.53 Å². The summed E-state index contributed by atoms with van der Waals surface area (Å²) in [5.74, 6) is -0.0609. The van der Waals surface area contributed by atoms with Crippen molar-refractivity contribution < 1.29 is 14.3 Å². The number of morpholine rings is 1. The Kier molecular flexibility index (Phi) is 14.4. The van der Waals surface area contributed by atoms with Gasteiger partial charge >= 0.3 is 6.03 Å². The minimum atomic E-state index is -0.333. The maximum absolute atomic E-state index is 12.6. The maximum atomic E-state index is 12.6. The first-order valence-electron chi connectivity index (χ1n) is 13.3. The Bertz CT molecular complexity index is 546. The lowest BCUT2D eigenvalue weighted by molar-refractivity contribution is -0.129. The number of urea groups is 1. The minimum absolute atomic E-state index is 0.0609. The van der Waals surface area contributed by atoms with E-state index in [9.17, 15) is 9.59 Å². The highest BCUT2D eigenvalue weighted by molar-refractivity contribution is 6.04. The number of carbonyl (C=O) groups is 2. The third-order valence-electron chi connectivity index (χ3n) is 6.56. The predicted molar refractivity (Wildman–Crippen MR) is 130 cm³/mol. The van der Waals surface area contributed by atoms with Gasteiger partial charge in [0.2, 0.25) is 0 Å².